The van der Waals surface area contributed by atoms with E-state index in [0.29, 0.717) is 5.65 Å². The molecule has 0 unspecified atom stereocenters. The minimum absolute atomic E-state index is 0.122. The zero-order valence-electron chi connectivity index (χ0n) is 9.08. The molecular formula is C10H12N4O2. The highest BCUT2D eigenvalue weighted by atomic mass is 16.4. The smallest absolute Gasteiger partial charge is 0.341 e. The van der Waals surface area contributed by atoms with Gasteiger partial charge in [0.2, 0.25) is 0 Å². The standard InChI is InChI=1S/C10H12N4O2/c1-13(2)5-7-3-11-9-8(10(15)16)4-12-14(9)6-7/h3-4,6H,5H2,1-2H3,(H,15,16). The van der Waals surface area contributed by atoms with E-state index in [0.717, 1.165) is 12.1 Å². The Bertz CT molecular complexity index is 533. The van der Waals surface area contributed by atoms with Crippen LogP contribution in [-0.2, 0) is 6.54 Å². The van der Waals surface area contributed by atoms with Crippen LogP contribution < -0.4 is 0 Å². The van der Waals surface area contributed by atoms with Gasteiger partial charge in [-0.3, -0.25) is 0 Å². The first-order chi connectivity index (χ1) is 7.58. The molecule has 84 valence electrons. The van der Waals surface area contributed by atoms with Crippen LogP contribution in [0.3, 0.4) is 0 Å². The zero-order valence-corrected chi connectivity index (χ0v) is 9.08. The summed E-state index contributed by atoms with van der Waals surface area (Å²) in [5.41, 5.74) is 1.48. The third-order valence-electron chi connectivity index (χ3n) is 2.14. The molecule has 2 heterocycles. The molecule has 0 aliphatic rings. The van der Waals surface area contributed by atoms with E-state index >= 15 is 0 Å². The van der Waals surface area contributed by atoms with Gasteiger partial charge in [0, 0.05) is 24.5 Å². The Kier molecular flexibility index (Phi) is 2.57. The molecule has 0 radical (unpaired) electrons. The molecular weight excluding hydrogens is 208 g/mol. The van der Waals surface area contributed by atoms with Crippen LogP contribution in [0.15, 0.2) is 18.6 Å². The molecule has 0 atom stereocenters. The van der Waals surface area contributed by atoms with Crippen molar-refractivity contribution in [2.24, 2.45) is 0 Å². The Morgan fingerprint density at radius 1 is 1.50 bits per heavy atom. The maximum Gasteiger partial charge on any atom is 0.341 e. The summed E-state index contributed by atoms with van der Waals surface area (Å²) in [7, 11) is 3.91. The summed E-state index contributed by atoms with van der Waals surface area (Å²) in [4.78, 5) is 16.9. The summed E-state index contributed by atoms with van der Waals surface area (Å²) in [5, 5.41) is 12.8. The monoisotopic (exact) mass is 220 g/mol. The molecule has 2 aromatic rings. The normalized spacial score (nSPS) is 11.2. The molecule has 0 saturated carbocycles. The number of aromatic carboxylic acids is 1. The Labute approximate surface area is 92.1 Å². The summed E-state index contributed by atoms with van der Waals surface area (Å²) in [5.74, 6) is -1.01. The Morgan fingerprint density at radius 3 is 2.88 bits per heavy atom. The maximum absolute atomic E-state index is 10.8. The Morgan fingerprint density at radius 2 is 2.25 bits per heavy atom. The first-order valence-corrected chi connectivity index (χ1v) is 4.78. The molecule has 0 aliphatic heterocycles. The highest BCUT2D eigenvalue weighted by molar-refractivity contribution is 5.93. The summed E-state index contributed by atoms with van der Waals surface area (Å²) in [6, 6.07) is 0. The van der Waals surface area contributed by atoms with Crippen molar-refractivity contribution in [3.05, 3.63) is 29.7 Å². The zero-order chi connectivity index (χ0) is 11.7. The van der Waals surface area contributed by atoms with Gasteiger partial charge in [0.1, 0.15) is 5.56 Å². The van der Waals surface area contributed by atoms with E-state index < -0.39 is 5.97 Å². The van der Waals surface area contributed by atoms with Crippen molar-refractivity contribution in [1.29, 1.82) is 0 Å². The molecule has 6 nitrogen and oxygen atoms in total. The Hall–Kier alpha value is -1.95. The van der Waals surface area contributed by atoms with E-state index in [2.05, 4.69) is 10.1 Å². The van der Waals surface area contributed by atoms with Gasteiger partial charge >= 0.3 is 5.97 Å². The Balaban J connectivity index is 2.45. The minimum Gasteiger partial charge on any atom is -0.477 e. The summed E-state index contributed by atoms with van der Waals surface area (Å²) < 4.78 is 1.49. The molecule has 0 aliphatic carbocycles. The molecule has 2 rings (SSSR count). The van der Waals surface area contributed by atoms with Gasteiger partial charge in [-0.1, -0.05) is 0 Å². The summed E-state index contributed by atoms with van der Waals surface area (Å²) in [6.45, 7) is 0.741. The molecule has 0 aromatic carbocycles. The van der Waals surface area contributed by atoms with Crippen LogP contribution in [0, 0.1) is 0 Å². The van der Waals surface area contributed by atoms with Crippen LogP contribution in [-0.4, -0.2) is 44.7 Å². The number of hydrogen-bond acceptors (Lipinski definition) is 4. The number of nitrogens with zero attached hydrogens (tertiary/aromatic N) is 4. The fraction of sp³-hybridized carbons (Fsp3) is 0.300. The van der Waals surface area contributed by atoms with Crippen LogP contribution >= 0.6 is 0 Å². The lowest BCUT2D eigenvalue weighted by atomic mass is 10.3. The van der Waals surface area contributed by atoms with E-state index in [9.17, 15) is 4.79 Å². The third-order valence-corrected chi connectivity index (χ3v) is 2.14. The third kappa shape index (κ3) is 1.87. The summed E-state index contributed by atoms with van der Waals surface area (Å²) >= 11 is 0. The number of carbonyl (C=O) groups is 1. The highest BCUT2D eigenvalue weighted by Crippen LogP contribution is 2.09. The average molecular weight is 220 g/mol. The van der Waals surface area contributed by atoms with Crippen molar-refractivity contribution in [3.8, 4) is 0 Å². The number of carboxylic acid groups (broad SMARTS) is 1. The van der Waals surface area contributed by atoms with Gasteiger partial charge in [-0.05, 0) is 14.1 Å². The second-order valence-electron chi connectivity index (χ2n) is 3.83. The predicted octanol–water partition coefficient (Wildman–Crippen LogP) is 0.489. The van der Waals surface area contributed by atoms with Crippen molar-refractivity contribution in [2.75, 3.05) is 14.1 Å². The van der Waals surface area contributed by atoms with Crippen LogP contribution in [0.2, 0.25) is 0 Å². The number of aromatic nitrogens is 3. The number of rotatable bonds is 3. The van der Waals surface area contributed by atoms with Crippen molar-refractivity contribution < 1.29 is 9.90 Å². The van der Waals surface area contributed by atoms with E-state index in [4.69, 9.17) is 5.11 Å². The first kappa shape index (κ1) is 10.6. The lowest BCUT2D eigenvalue weighted by molar-refractivity contribution is 0.0699. The lowest BCUT2D eigenvalue weighted by Gasteiger charge is -2.08. The van der Waals surface area contributed by atoms with Crippen molar-refractivity contribution in [1.82, 2.24) is 19.5 Å². The molecule has 1 N–H and O–H groups in total. The SMILES string of the molecule is CN(C)Cc1cnc2c(C(=O)O)cnn2c1. The van der Waals surface area contributed by atoms with Gasteiger partial charge in [0.15, 0.2) is 5.65 Å². The van der Waals surface area contributed by atoms with Gasteiger partial charge < -0.3 is 10.0 Å². The van der Waals surface area contributed by atoms with Gasteiger partial charge in [-0.15, -0.1) is 0 Å². The van der Waals surface area contributed by atoms with Crippen molar-refractivity contribution in [3.63, 3.8) is 0 Å². The summed E-state index contributed by atoms with van der Waals surface area (Å²) in [6.07, 6.45) is 4.77. The molecule has 16 heavy (non-hydrogen) atoms. The van der Waals surface area contributed by atoms with Gasteiger partial charge in [0.05, 0.1) is 6.20 Å². The average Bonchev–Trinajstić information content (AvgIpc) is 2.59. The lowest BCUT2D eigenvalue weighted by Crippen LogP contribution is -2.11. The molecule has 2 aromatic heterocycles. The topological polar surface area (TPSA) is 70.7 Å². The van der Waals surface area contributed by atoms with Crippen LogP contribution in [0.4, 0.5) is 0 Å². The number of carboxylic acids is 1. The minimum atomic E-state index is -1.01. The fourth-order valence-electron chi connectivity index (χ4n) is 1.51. The van der Waals surface area contributed by atoms with E-state index in [1.165, 1.54) is 10.7 Å². The largest absolute Gasteiger partial charge is 0.477 e. The molecule has 6 heteroatoms. The fourth-order valence-corrected chi connectivity index (χ4v) is 1.51. The molecule has 0 saturated heterocycles. The van der Waals surface area contributed by atoms with Crippen molar-refractivity contribution in [2.45, 2.75) is 6.54 Å². The van der Waals surface area contributed by atoms with E-state index in [-0.39, 0.29) is 5.56 Å². The molecule has 0 amide bonds. The van der Waals surface area contributed by atoms with E-state index in [1.807, 2.05) is 19.0 Å². The van der Waals surface area contributed by atoms with E-state index in [1.54, 1.807) is 12.4 Å². The first-order valence-electron chi connectivity index (χ1n) is 4.78. The maximum atomic E-state index is 10.8. The second kappa shape index (κ2) is 3.90. The van der Waals surface area contributed by atoms with Gasteiger partial charge in [-0.25, -0.2) is 14.3 Å². The molecule has 0 fully saturated rings. The quantitative estimate of drug-likeness (QED) is 0.815. The number of hydrogen-bond donors (Lipinski definition) is 1. The number of fused-ring (bicyclic) bond motifs is 1. The van der Waals surface area contributed by atoms with Crippen LogP contribution in [0.5, 0.6) is 0 Å². The van der Waals surface area contributed by atoms with Gasteiger partial charge in [0.25, 0.3) is 0 Å². The second-order valence-corrected chi connectivity index (χ2v) is 3.83. The molecule has 0 bridgehead atoms. The van der Waals surface area contributed by atoms with Crippen molar-refractivity contribution >= 4 is 11.6 Å². The highest BCUT2D eigenvalue weighted by Gasteiger charge is 2.12. The van der Waals surface area contributed by atoms with Crippen LogP contribution in [0.25, 0.3) is 5.65 Å². The van der Waals surface area contributed by atoms with Crippen LogP contribution in [0.1, 0.15) is 15.9 Å². The van der Waals surface area contributed by atoms with Gasteiger partial charge in [-0.2, -0.15) is 5.10 Å². The predicted molar refractivity (Wildman–Crippen MR) is 57.3 cm³/mol. The molecule has 0 spiro atoms.